The summed E-state index contributed by atoms with van der Waals surface area (Å²) in [5, 5.41) is 18.8. The second-order valence-corrected chi connectivity index (χ2v) is 6.08. The molecular weight excluding hydrogens is 364 g/mol. The topological polar surface area (TPSA) is 102 Å². The van der Waals surface area contributed by atoms with Gasteiger partial charge in [-0.05, 0) is 18.2 Å². The Kier molecular flexibility index (Phi) is 4.18. The molecule has 2 heterocycles. The second kappa shape index (κ2) is 6.13. The number of amidine groups is 1. The third kappa shape index (κ3) is 2.87. The van der Waals surface area contributed by atoms with Gasteiger partial charge in [0.25, 0.3) is 5.56 Å². The fourth-order valence-corrected chi connectivity index (χ4v) is 2.87. The van der Waals surface area contributed by atoms with E-state index in [9.17, 15) is 9.90 Å². The van der Waals surface area contributed by atoms with Crippen molar-refractivity contribution in [2.75, 3.05) is 26.8 Å². The smallest absolute Gasteiger partial charge is 0.259 e. The molecule has 0 unspecified atom stereocenters. The normalized spacial score (nSPS) is 15.0. The van der Waals surface area contributed by atoms with Gasteiger partial charge in [-0.3, -0.25) is 10.2 Å². The van der Waals surface area contributed by atoms with Crippen LogP contribution in [0.1, 0.15) is 5.82 Å². The molecule has 120 valence electrons. The Morgan fingerprint density at radius 1 is 1.52 bits per heavy atom. The van der Waals surface area contributed by atoms with Crippen molar-refractivity contribution in [3.8, 4) is 0 Å². The lowest BCUT2D eigenvalue weighted by Gasteiger charge is -2.17. The number of hydrogen-bond donors (Lipinski definition) is 3. The van der Waals surface area contributed by atoms with Gasteiger partial charge < -0.3 is 19.7 Å². The van der Waals surface area contributed by atoms with Gasteiger partial charge in [-0.2, -0.15) is 0 Å². The van der Waals surface area contributed by atoms with Crippen LogP contribution < -0.4 is 5.56 Å². The lowest BCUT2D eigenvalue weighted by molar-refractivity contribution is 0.177. The highest BCUT2D eigenvalue weighted by Gasteiger charge is 2.29. The van der Waals surface area contributed by atoms with Crippen molar-refractivity contribution in [1.82, 2.24) is 14.9 Å². The lowest BCUT2D eigenvalue weighted by atomic mass is 10.2. The fraction of sp³-hybridized carbons (Fsp3) is 0.267. The molecule has 0 radical (unpaired) electrons. The Morgan fingerprint density at radius 3 is 3.04 bits per heavy atom. The number of nitrogens with zero attached hydrogens (tertiary/aromatic N) is 2. The Hall–Kier alpha value is -2.19. The van der Waals surface area contributed by atoms with Crippen molar-refractivity contribution in [3.63, 3.8) is 0 Å². The number of nitrogens with one attached hydrogen (secondary N) is 2. The van der Waals surface area contributed by atoms with E-state index in [1.165, 1.54) is 0 Å². The summed E-state index contributed by atoms with van der Waals surface area (Å²) in [6, 6.07) is 5.19. The summed E-state index contributed by atoms with van der Waals surface area (Å²) in [4.78, 5) is 21.0. The van der Waals surface area contributed by atoms with E-state index in [1.54, 1.807) is 30.2 Å². The molecule has 1 aromatic heterocycles. The molecule has 0 atom stereocenters. The van der Waals surface area contributed by atoms with Crippen LogP contribution in [0.4, 0.5) is 0 Å². The highest BCUT2D eigenvalue weighted by Crippen LogP contribution is 2.25. The monoisotopic (exact) mass is 378 g/mol. The number of aromatic nitrogens is 2. The molecular formula is C15H15BrN4O3. The molecule has 3 N–H and O–H groups in total. The van der Waals surface area contributed by atoms with Gasteiger partial charge >= 0.3 is 0 Å². The zero-order chi connectivity index (χ0) is 16.6. The summed E-state index contributed by atoms with van der Waals surface area (Å²) in [6.07, 6.45) is 0. The van der Waals surface area contributed by atoms with Crippen LogP contribution in [0.25, 0.3) is 16.5 Å². The van der Waals surface area contributed by atoms with E-state index in [0.717, 1.165) is 4.47 Å². The molecule has 1 aliphatic heterocycles. The van der Waals surface area contributed by atoms with E-state index in [-0.39, 0.29) is 35.1 Å². The van der Waals surface area contributed by atoms with Gasteiger partial charge in [-0.25, -0.2) is 4.98 Å². The first-order chi connectivity index (χ1) is 11.0. The van der Waals surface area contributed by atoms with Gasteiger partial charge in [0, 0.05) is 18.1 Å². The quantitative estimate of drug-likeness (QED) is 0.753. The molecule has 23 heavy (non-hydrogen) atoms. The first kappa shape index (κ1) is 15.7. The van der Waals surface area contributed by atoms with E-state index in [2.05, 4.69) is 25.9 Å². The van der Waals surface area contributed by atoms with E-state index in [4.69, 9.17) is 10.1 Å². The van der Waals surface area contributed by atoms with Crippen LogP contribution in [0, 0.1) is 5.41 Å². The highest BCUT2D eigenvalue weighted by molar-refractivity contribution is 9.10. The van der Waals surface area contributed by atoms with E-state index < -0.39 is 0 Å². The summed E-state index contributed by atoms with van der Waals surface area (Å²) in [7, 11) is 1.58. The van der Waals surface area contributed by atoms with E-state index in [1.807, 2.05) is 0 Å². The summed E-state index contributed by atoms with van der Waals surface area (Å²) in [6.45, 7) is 1.13. The Morgan fingerprint density at radius 2 is 2.30 bits per heavy atom. The number of hydrogen-bond acceptors (Lipinski definition) is 5. The minimum atomic E-state index is -0.310. The molecule has 0 saturated heterocycles. The molecule has 0 bridgehead atoms. The number of rotatable bonds is 4. The number of fused-ring (bicyclic) bond motifs is 1. The maximum Gasteiger partial charge on any atom is 0.259 e. The van der Waals surface area contributed by atoms with Crippen molar-refractivity contribution in [2.45, 2.75) is 0 Å². The molecule has 8 heteroatoms. The van der Waals surface area contributed by atoms with Crippen LogP contribution in [0.3, 0.4) is 0 Å². The number of methoxy groups -OCH3 is 1. The predicted molar refractivity (Wildman–Crippen MR) is 90.8 cm³/mol. The molecule has 3 rings (SSSR count). The van der Waals surface area contributed by atoms with Crippen LogP contribution in [-0.2, 0) is 4.74 Å². The minimum absolute atomic E-state index is 0.0192. The number of ether oxygens (including phenoxy) is 1. The molecule has 0 aliphatic carbocycles. The Bertz CT molecular complexity index is 875. The van der Waals surface area contributed by atoms with E-state index in [0.29, 0.717) is 24.1 Å². The number of halogens is 1. The number of aliphatic hydroxyl groups is 1. The van der Waals surface area contributed by atoms with Gasteiger partial charge in [-0.1, -0.05) is 15.9 Å². The van der Waals surface area contributed by atoms with Crippen molar-refractivity contribution in [1.29, 1.82) is 5.41 Å². The second-order valence-electron chi connectivity index (χ2n) is 5.16. The fourth-order valence-electron chi connectivity index (χ4n) is 2.50. The summed E-state index contributed by atoms with van der Waals surface area (Å²) in [5.41, 5.74) is 0.452. The zero-order valence-electron chi connectivity index (χ0n) is 12.4. The van der Waals surface area contributed by atoms with Crippen LogP contribution in [-0.4, -0.2) is 52.6 Å². The first-order valence-corrected chi connectivity index (χ1v) is 7.75. The standard InChI is InChI=1S/C15H15BrN4O3/c1-23-5-4-20-7-11(21)12(13(20)17)14-18-10-3-2-8(16)6-9(10)15(22)19-14/h2-3,6,17,21H,4-5,7H2,1H3,(H,18,19,22). The molecule has 1 aromatic carbocycles. The Labute approximate surface area is 140 Å². The number of aliphatic hydroxyl groups excluding tert-OH is 1. The number of H-pyrrole nitrogens is 1. The maximum atomic E-state index is 12.3. The number of benzene rings is 1. The summed E-state index contributed by atoms with van der Waals surface area (Å²) in [5.74, 6) is 0.345. The van der Waals surface area contributed by atoms with Crippen LogP contribution in [0.2, 0.25) is 0 Å². The van der Waals surface area contributed by atoms with Gasteiger partial charge in [0.2, 0.25) is 0 Å². The average Bonchev–Trinajstić information content (AvgIpc) is 2.80. The van der Waals surface area contributed by atoms with Gasteiger partial charge in [0.1, 0.15) is 17.4 Å². The van der Waals surface area contributed by atoms with Crippen molar-refractivity contribution in [3.05, 3.63) is 44.6 Å². The molecule has 0 amide bonds. The van der Waals surface area contributed by atoms with Crippen molar-refractivity contribution >= 4 is 38.2 Å². The van der Waals surface area contributed by atoms with Crippen molar-refractivity contribution < 1.29 is 9.84 Å². The zero-order valence-corrected chi connectivity index (χ0v) is 14.0. The summed E-state index contributed by atoms with van der Waals surface area (Å²) < 4.78 is 5.78. The van der Waals surface area contributed by atoms with Crippen LogP contribution in [0.15, 0.2) is 33.2 Å². The maximum absolute atomic E-state index is 12.3. The lowest BCUT2D eigenvalue weighted by Crippen LogP contribution is -2.30. The van der Waals surface area contributed by atoms with Crippen molar-refractivity contribution in [2.24, 2.45) is 0 Å². The molecule has 1 aliphatic rings. The van der Waals surface area contributed by atoms with Crippen LogP contribution >= 0.6 is 15.9 Å². The predicted octanol–water partition coefficient (Wildman–Crippen LogP) is 1.89. The Balaban J connectivity index is 2.03. The average molecular weight is 379 g/mol. The molecule has 0 saturated carbocycles. The SMILES string of the molecule is COCCN1CC(O)=C(c2nc3ccc(Br)cc3c(=O)[nH]2)C1=N. The third-order valence-electron chi connectivity index (χ3n) is 3.65. The van der Waals surface area contributed by atoms with Crippen LogP contribution in [0.5, 0.6) is 0 Å². The first-order valence-electron chi connectivity index (χ1n) is 6.96. The third-order valence-corrected chi connectivity index (χ3v) is 4.15. The van der Waals surface area contributed by atoms with Gasteiger partial charge in [-0.15, -0.1) is 0 Å². The largest absolute Gasteiger partial charge is 0.510 e. The van der Waals surface area contributed by atoms with E-state index >= 15 is 0 Å². The summed E-state index contributed by atoms with van der Waals surface area (Å²) >= 11 is 3.32. The minimum Gasteiger partial charge on any atom is -0.510 e. The van der Waals surface area contributed by atoms with Gasteiger partial charge in [0.15, 0.2) is 0 Å². The molecule has 0 spiro atoms. The molecule has 2 aromatic rings. The molecule has 0 fully saturated rings. The number of aromatic amines is 1. The molecule has 7 nitrogen and oxygen atoms in total. The highest BCUT2D eigenvalue weighted by atomic mass is 79.9. The van der Waals surface area contributed by atoms with Gasteiger partial charge in [0.05, 0.1) is 29.6 Å².